The summed E-state index contributed by atoms with van der Waals surface area (Å²) in [5.41, 5.74) is 0.420. The zero-order valence-electron chi connectivity index (χ0n) is 9.39. The molecule has 0 atom stereocenters. The topological polar surface area (TPSA) is 82.6 Å². The van der Waals surface area contributed by atoms with Crippen LogP contribution in [0.25, 0.3) is 0 Å². The van der Waals surface area contributed by atoms with E-state index in [1.807, 2.05) is 0 Å². The Labute approximate surface area is 115 Å². The molecule has 0 aliphatic carbocycles. The van der Waals surface area contributed by atoms with Crippen molar-refractivity contribution in [1.82, 2.24) is 0 Å². The molecule has 1 aromatic carbocycles. The Hall–Kier alpha value is -0.880. The van der Waals surface area contributed by atoms with E-state index >= 15 is 0 Å². The van der Waals surface area contributed by atoms with Crippen molar-refractivity contribution < 1.29 is 54.1 Å². The van der Waals surface area contributed by atoms with Gasteiger partial charge in [0.2, 0.25) is 0 Å². The number of esters is 2. The smallest absolute Gasteiger partial charge is 0.870 e. The molecule has 0 saturated heterocycles. The van der Waals surface area contributed by atoms with Gasteiger partial charge in [-0.25, -0.2) is 9.59 Å². The molecule has 1 rings (SSSR count). The largest absolute Gasteiger partial charge is 1.00 e. The van der Waals surface area contributed by atoms with Crippen molar-refractivity contribution in [1.29, 1.82) is 0 Å². The fraction of sp³-hybridized carbons (Fsp3) is 0.200. The summed E-state index contributed by atoms with van der Waals surface area (Å²) >= 11 is 0. The van der Waals surface area contributed by atoms with Crippen LogP contribution in [0.15, 0.2) is 24.3 Å². The number of benzene rings is 1. The molecule has 5 nitrogen and oxygen atoms in total. The molecule has 0 amide bonds. The van der Waals surface area contributed by atoms with Crippen LogP contribution in [0.1, 0.15) is 20.7 Å². The van der Waals surface area contributed by atoms with Gasteiger partial charge in [-0.3, -0.25) is 0 Å². The monoisotopic (exact) mass is 234 g/mol. The molecule has 0 saturated carbocycles. The number of rotatable bonds is 2. The molecular formula is C10H11NaO5. The van der Waals surface area contributed by atoms with Gasteiger partial charge in [-0.05, 0) is 12.1 Å². The fourth-order valence-electron chi connectivity index (χ4n) is 1.06. The minimum atomic E-state index is -0.550. The van der Waals surface area contributed by atoms with Crippen LogP contribution in [-0.4, -0.2) is 31.6 Å². The predicted octanol–water partition coefficient (Wildman–Crippen LogP) is -1.91. The second kappa shape index (κ2) is 8.29. The van der Waals surface area contributed by atoms with E-state index in [9.17, 15) is 9.59 Å². The molecule has 16 heavy (non-hydrogen) atoms. The maximum Gasteiger partial charge on any atom is 1.00 e. The average molecular weight is 234 g/mol. The summed E-state index contributed by atoms with van der Waals surface area (Å²) in [6, 6.07) is 6.33. The van der Waals surface area contributed by atoms with Gasteiger partial charge in [0.05, 0.1) is 25.3 Å². The Morgan fingerprint density at radius 1 is 0.938 bits per heavy atom. The molecule has 0 fully saturated rings. The third kappa shape index (κ3) is 3.94. The van der Waals surface area contributed by atoms with E-state index in [4.69, 9.17) is 0 Å². The number of hydrogen-bond donors (Lipinski definition) is 0. The number of hydrogen-bond acceptors (Lipinski definition) is 5. The van der Waals surface area contributed by atoms with Crippen molar-refractivity contribution in [2.24, 2.45) is 0 Å². The molecule has 0 aromatic heterocycles. The van der Waals surface area contributed by atoms with Crippen LogP contribution in [0.2, 0.25) is 0 Å². The van der Waals surface area contributed by atoms with Crippen molar-refractivity contribution in [2.45, 2.75) is 0 Å². The summed E-state index contributed by atoms with van der Waals surface area (Å²) in [5.74, 6) is -1.10. The Balaban J connectivity index is 0. The summed E-state index contributed by atoms with van der Waals surface area (Å²) in [6.07, 6.45) is 0. The van der Waals surface area contributed by atoms with Gasteiger partial charge >= 0.3 is 41.5 Å². The van der Waals surface area contributed by atoms with Gasteiger partial charge in [-0.2, -0.15) is 0 Å². The second-order valence-electron chi connectivity index (χ2n) is 2.53. The zero-order chi connectivity index (χ0) is 10.6. The van der Waals surface area contributed by atoms with E-state index in [0.717, 1.165) is 0 Å². The molecule has 1 N–H and O–H groups in total. The van der Waals surface area contributed by atoms with E-state index in [1.165, 1.54) is 26.4 Å². The molecule has 0 radical (unpaired) electrons. The standard InChI is InChI=1S/C10H10O4.Na.H2O/c1-13-9(11)7-5-3-4-6-8(7)10(12)14-2;;/h3-6H,1-2H3;;1H2/q;+1;/p-1. The van der Waals surface area contributed by atoms with Gasteiger partial charge in [-0.15, -0.1) is 0 Å². The zero-order valence-corrected chi connectivity index (χ0v) is 11.4. The molecule has 0 unspecified atom stereocenters. The molecule has 0 heterocycles. The predicted molar refractivity (Wildman–Crippen MR) is 51.1 cm³/mol. The van der Waals surface area contributed by atoms with Crippen LogP contribution in [0.5, 0.6) is 0 Å². The summed E-state index contributed by atoms with van der Waals surface area (Å²) < 4.78 is 9.05. The van der Waals surface area contributed by atoms with Crippen molar-refractivity contribution >= 4 is 11.9 Å². The maximum atomic E-state index is 11.2. The SMILES string of the molecule is COC(=O)c1ccccc1C(=O)OC.[Na+].[OH-]. The van der Waals surface area contributed by atoms with Crippen LogP contribution in [0.3, 0.4) is 0 Å². The van der Waals surface area contributed by atoms with E-state index < -0.39 is 11.9 Å². The first-order chi connectivity index (χ1) is 6.70. The molecule has 0 spiro atoms. The molecule has 0 bridgehead atoms. The average Bonchev–Trinajstić information content (AvgIpc) is 2.27. The molecule has 6 heteroatoms. The summed E-state index contributed by atoms with van der Waals surface area (Å²) in [4.78, 5) is 22.4. The van der Waals surface area contributed by atoms with Gasteiger partial charge in [0, 0.05) is 0 Å². The Bertz CT molecular complexity index is 329. The van der Waals surface area contributed by atoms with Gasteiger partial charge < -0.3 is 14.9 Å². The van der Waals surface area contributed by atoms with E-state index in [2.05, 4.69) is 9.47 Å². The van der Waals surface area contributed by atoms with Crippen LogP contribution in [0.4, 0.5) is 0 Å². The van der Waals surface area contributed by atoms with E-state index in [1.54, 1.807) is 12.1 Å². The summed E-state index contributed by atoms with van der Waals surface area (Å²) in [7, 11) is 2.52. The molecule has 82 valence electrons. The third-order valence-corrected chi connectivity index (χ3v) is 1.74. The van der Waals surface area contributed by atoms with Gasteiger partial charge in [0.1, 0.15) is 0 Å². The summed E-state index contributed by atoms with van der Waals surface area (Å²) in [5, 5.41) is 0. The van der Waals surface area contributed by atoms with E-state index in [-0.39, 0.29) is 46.2 Å². The second-order valence-corrected chi connectivity index (χ2v) is 2.53. The van der Waals surface area contributed by atoms with Gasteiger partial charge in [0.25, 0.3) is 0 Å². The molecule has 0 aliphatic heterocycles. The number of carbonyl (C=O) groups is 2. The van der Waals surface area contributed by atoms with Crippen LogP contribution in [0, 0.1) is 0 Å². The molecular weight excluding hydrogens is 223 g/mol. The van der Waals surface area contributed by atoms with Gasteiger partial charge in [-0.1, -0.05) is 12.1 Å². The van der Waals surface area contributed by atoms with Crippen molar-refractivity contribution in [2.75, 3.05) is 14.2 Å². The molecule has 0 aliphatic rings. The number of methoxy groups -OCH3 is 2. The minimum Gasteiger partial charge on any atom is -0.870 e. The Morgan fingerprint density at radius 2 is 1.25 bits per heavy atom. The van der Waals surface area contributed by atoms with Crippen LogP contribution >= 0.6 is 0 Å². The van der Waals surface area contributed by atoms with Crippen LogP contribution in [-0.2, 0) is 9.47 Å². The van der Waals surface area contributed by atoms with Gasteiger partial charge in [0.15, 0.2) is 0 Å². The van der Waals surface area contributed by atoms with E-state index in [0.29, 0.717) is 0 Å². The first-order valence-electron chi connectivity index (χ1n) is 3.96. The third-order valence-electron chi connectivity index (χ3n) is 1.74. The van der Waals surface area contributed by atoms with Crippen LogP contribution < -0.4 is 29.6 Å². The van der Waals surface area contributed by atoms with Crippen molar-refractivity contribution in [3.8, 4) is 0 Å². The van der Waals surface area contributed by atoms with Crippen molar-refractivity contribution in [3.63, 3.8) is 0 Å². The first-order valence-corrected chi connectivity index (χ1v) is 3.96. The normalized spacial score (nSPS) is 8.12. The summed E-state index contributed by atoms with van der Waals surface area (Å²) in [6.45, 7) is 0. The minimum absolute atomic E-state index is 0. The molecule has 1 aromatic rings. The number of ether oxygens (including phenoxy) is 2. The first kappa shape index (κ1) is 17.5. The maximum absolute atomic E-state index is 11.2. The fourth-order valence-corrected chi connectivity index (χ4v) is 1.06. The Morgan fingerprint density at radius 3 is 1.50 bits per heavy atom. The number of carbonyl (C=O) groups excluding carboxylic acids is 2. The quantitative estimate of drug-likeness (QED) is 0.440. The Kier molecular flexibility index (Phi) is 9.08. The van der Waals surface area contributed by atoms with Crippen molar-refractivity contribution in [3.05, 3.63) is 35.4 Å².